The number of halogens is 2. The third-order valence-corrected chi connectivity index (χ3v) is 7.88. The number of carbonyl (C=O) groups excluding carboxylic acids is 3. The molecule has 5 amide bonds. The van der Waals surface area contributed by atoms with Gasteiger partial charge in [-0.15, -0.1) is 0 Å². The van der Waals surface area contributed by atoms with Crippen LogP contribution in [-0.2, 0) is 10.2 Å². The summed E-state index contributed by atoms with van der Waals surface area (Å²) >= 11 is 13.4. The highest BCUT2D eigenvalue weighted by atomic mass is 35.5. The predicted molar refractivity (Wildman–Crippen MR) is 127 cm³/mol. The van der Waals surface area contributed by atoms with E-state index in [1.165, 1.54) is 17.5 Å². The van der Waals surface area contributed by atoms with E-state index in [2.05, 4.69) is 20.9 Å². The number of anilines is 2. The maximum atomic E-state index is 13.1. The fourth-order valence-corrected chi connectivity index (χ4v) is 5.72. The van der Waals surface area contributed by atoms with E-state index in [1.807, 2.05) is 12.1 Å². The van der Waals surface area contributed by atoms with Crippen molar-refractivity contribution in [3.63, 3.8) is 0 Å². The van der Waals surface area contributed by atoms with Gasteiger partial charge < -0.3 is 15.5 Å². The van der Waals surface area contributed by atoms with Crippen molar-refractivity contribution >= 4 is 63.3 Å². The van der Waals surface area contributed by atoms with Crippen LogP contribution in [0.4, 0.5) is 20.4 Å². The lowest BCUT2D eigenvalue weighted by atomic mass is 9.81. The summed E-state index contributed by atoms with van der Waals surface area (Å²) in [5.41, 5.74) is 0.439. The van der Waals surface area contributed by atoms with Crippen LogP contribution in [0.2, 0.25) is 9.36 Å². The van der Waals surface area contributed by atoms with Crippen LogP contribution >= 0.6 is 34.5 Å². The first-order valence-corrected chi connectivity index (χ1v) is 12.1. The molecule has 1 spiro atoms. The summed E-state index contributed by atoms with van der Waals surface area (Å²) in [7, 11) is 1.57. The van der Waals surface area contributed by atoms with Gasteiger partial charge in [0.15, 0.2) is 5.13 Å². The van der Waals surface area contributed by atoms with Gasteiger partial charge in [-0.2, -0.15) is 0 Å². The molecule has 2 fully saturated rings. The third-order valence-electron chi connectivity index (χ3n) is 6.62. The van der Waals surface area contributed by atoms with Crippen molar-refractivity contribution < 1.29 is 14.4 Å². The lowest BCUT2D eigenvalue weighted by Crippen LogP contribution is -2.52. The summed E-state index contributed by atoms with van der Waals surface area (Å²) in [5, 5.41) is 9.31. The van der Waals surface area contributed by atoms with Crippen LogP contribution in [0.5, 0.6) is 0 Å². The molecule has 3 aliphatic rings. The molecule has 3 heterocycles. The van der Waals surface area contributed by atoms with E-state index >= 15 is 0 Å². The van der Waals surface area contributed by atoms with Gasteiger partial charge in [0.2, 0.25) is 5.91 Å². The Balaban J connectivity index is 1.36. The zero-order chi connectivity index (χ0) is 23.4. The molecule has 33 heavy (non-hydrogen) atoms. The number of hydrogen-bond acceptors (Lipinski definition) is 5. The molecular formula is C21H22Cl2N6O3S. The molecule has 174 valence electrons. The molecule has 1 aromatic carbocycles. The average molecular weight is 509 g/mol. The van der Waals surface area contributed by atoms with Crippen molar-refractivity contribution in [1.82, 2.24) is 20.5 Å². The number of amides is 5. The smallest absolute Gasteiger partial charge is 0.328 e. The van der Waals surface area contributed by atoms with Crippen molar-refractivity contribution in [2.75, 3.05) is 36.9 Å². The van der Waals surface area contributed by atoms with E-state index < -0.39 is 11.0 Å². The molecular weight excluding hydrogens is 487 g/mol. The van der Waals surface area contributed by atoms with Crippen molar-refractivity contribution in [3.8, 4) is 0 Å². The summed E-state index contributed by atoms with van der Waals surface area (Å²) in [6, 6.07) is 4.87. The standard InChI is InChI=1S/C21H22Cl2N6O3S/c1-24-16(30)21(4-5-21)27-19(32)28-7-6-20(10-28)11-29(14-3-2-12(22)8-13(14)20)18(31)26-17-25-9-15(23)33-17/h2-3,8-9H,4-7,10-11H2,1H3,(H,24,30)(H,27,32)(H,25,26,31). The molecule has 2 aromatic rings. The normalized spacial score (nSPS) is 22.3. The fourth-order valence-electron chi connectivity index (χ4n) is 4.75. The highest BCUT2D eigenvalue weighted by Crippen LogP contribution is 2.48. The van der Waals surface area contributed by atoms with Crippen molar-refractivity contribution in [2.24, 2.45) is 0 Å². The Hall–Kier alpha value is -2.56. The van der Waals surface area contributed by atoms with Gasteiger partial charge in [-0.25, -0.2) is 14.6 Å². The first-order chi connectivity index (χ1) is 15.7. The van der Waals surface area contributed by atoms with Crippen molar-refractivity contribution in [3.05, 3.63) is 39.3 Å². The SMILES string of the molecule is CNC(=O)C1(NC(=O)N2CCC3(C2)CN(C(=O)Nc2ncc(Cl)s2)c2ccc(Cl)cc23)CC1. The Morgan fingerprint density at radius 2 is 1.91 bits per heavy atom. The zero-order valence-corrected chi connectivity index (χ0v) is 20.1. The van der Waals surface area contributed by atoms with Gasteiger partial charge >= 0.3 is 12.1 Å². The Bertz CT molecular complexity index is 1150. The second-order valence-electron chi connectivity index (χ2n) is 8.69. The summed E-state index contributed by atoms with van der Waals surface area (Å²) < 4.78 is 0.484. The Morgan fingerprint density at radius 1 is 1.12 bits per heavy atom. The second-order valence-corrected chi connectivity index (χ2v) is 10.8. The molecule has 1 saturated heterocycles. The number of likely N-dealkylation sites (N-methyl/N-ethyl adjacent to an activating group) is 1. The maximum absolute atomic E-state index is 13.1. The minimum atomic E-state index is -0.806. The maximum Gasteiger partial charge on any atom is 0.328 e. The second kappa shape index (κ2) is 8.03. The van der Waals surface area contributed by atoms with E-state index in [1.54, 1.807) is 22.9 Å². The van der Waals surface area contributed by atoms with Crippen LogP contribution in [-0.4, -0.2) is 60.1 Å². The Kier molecular flexibility index (Phi) is 5.42. The molecule has 2 aliphatic heterocycles. The molecule has 0 radical (unpaired) electrons. The number of fused-ring (bicyclic) bond motifs is 2. The van der Waals surface area contributed by atoms with E-state index in [9.17, 15) is 14.4 Å². The average Bonchev–Trinajstić information content (AvgIpc) is 3.13. The van der Waals surface area contributed by atoms with Gasteiger partial charge in [-0.1, -0.05) is 34.5 Å². The van der Waals surface area contributed by atoms with Crippen LogP contribution in [0.15, 0.2) is 24.4 Å². The number of hydrogen-bond donors (Lipinski definition) is 3. The van der Waals surface area contributed by atoms with Crippen molar-refractivity contribution in [2.45, 2.75) is 30.2 Å². The summed E-state index contributed by atoms with van der Waals surface area (Å²) in [5.74, 6) is -0.173. The zero-order valence-electron chi connectivity index (χ0n) is 17.8. The number of urea groups is 2. The summed E-state index contributed by atoms with van der Waals surface area (Å²) in [6.07, 6.45) is 3.42. The fraction of sp³-hybridized carbons (Fsp3) is 0.429. The van der Waals surface area contributed by atoms with Gasteiger partial charge in [-0.3, -0.25) is 15.0 Å². The topological polar surface area (TPSA) is 107 Å². The van der Waals surface area contributed by atoms with Crippen LogP contribution in [0.1, 0.15) is 24.8 Å². The van der Waals surface area contributed by atoms with Crippen molar-refractivity contribution in [1.29, 1.82) is 0 Å². The molecule has 1 atom stereocenters. The highest BCUT2D eigenvalue weighted by Gasteiger charge is 2.54. The lowest BCUT2D eigenvalue weighted by Gasteiger charge is -2.27. The summed E-state index contributed by atoms with van der Waals surface area (Å²) in [4.78, 5) is 45.7. The first-order valence-electron chi connectivity index (χ1n) is 10.5. The third kappa shape index (κ3) is 3.89. The number of nitrogens with zero attached hydrogens (tertiary/aromatic N) is 3. The number of benzene rings is 1. The number of carbonyl (C=O) groups is 3. The number of rotatable bonds is 3. The van der Waals surface area contributed by atoms with Gasteiger partial charge in [0.1, 0.15) is 9.88 Å². The molecule has 3 N–H and O–H groups in total. The molecule has 1 aromatic heterocycles. The van der Waals surface area contributed by atoms with Gasteiger partial charge in [0, 0.05) is 42.8 Å². The number of nitrogens with one attached hydrogen (secondary N) is 3. The molecule has 1 unspecified atom stereocenters. The quantitative estimate of drug-likeness (QED) is 0.590. The van der Waals surface area contributed by atoms with E-state index in [0.717, 1.165) is 11.3 Å². The molecule has 0 bridgehead atoms. The highest BCUT2D eigenvalue weighted by molar-refractivity contribution is 7.19. The van der Waals surface area contributed by atoms with Crippen LogP contribution in [0.3, 0.4) is 0 Å². The minimum absolute atomic E-state index is 0.173. The molecule has 1 aliphatic carbocycles. The first kappa shape index (κ1) is 22.2. The molecule has 1 saturated carbocycles. The predicted octanol–water partition coefficient (Wildman–Crippen LogP) is 3.43. The largest absolute Gasteiger partial charge is 0.357 e. The Labute approximate surface area is 204 Å². The number of likely N-dealkylation sites (tertiary alicyclic amines) is 1. The van der Waals surface area contributed by atoms with Gasteiger partial charge in [0.05, 0.1) is 6.20 Å². The minimum Gasteiger partial charge on any atom is -0.357 e. The van der Waals surface area contributed by atoms with E-state index in [4.69, 9.17) is 23.2 Å². The monoisotopic (exact) mass is 508 g/mol. The number of aromatic nitrogens is 1. The van der Waals surface area contributed by atoms with Gasteiger partial charge in [0.25, 0.3) is 0 Å². The van der Waals surface area contributed by atoms with E-state index in [-0.39, 0.29) is 18.0 Å². The molecule has 5 rings (SSSR count). The lowest BCUT2D eigenvalue weighted by molar-refractivity contribution is -0.123. The van der Waals surface area contributed by atoms with Crippen LogP contribution < -0.4 is 20.9 Å². The molecule has 12 heteroatoms. The van der Waals surface area contributed by atoms with E-state index in [0.29, 0.717) is 53.4 Å². The Morgan fingerprint density at radius 3 is 2.58 bits per heavy atom. The number of thiazole rings is 1. The van der Waals surface area contributed by atoms with Crippen LogP contribution in [0, 0.1) is 0 Å². The summed E-state index contributed by atoms with van der Waals surface area (Å²) in [6.45, 7) is 1.33. The van der Waals surface area contributed by atoms with Crippen LogP contribution in [0.25, 0.3) is 0 Å². The van der Waals surface area contributed by atoms with Gasteiger partial charge in [-0.05, 0) is 43.0 Å². The molecule has 9 nitrogen and oxygen atoms in total.